The van der Waals surface area contributed by atoms with Gasteiger partial charge in [0.1, 0.15) is 10.0 Å². The van der Waals surface area contributed by atoms with E-state index < -0.39 is 0 Å². The van der Waals surface area contributed by atoms with Gasteiger partial charge in [-0.3, -0.25) is 10.1 Å². The molecular formula is C24H15N3O2S2. The minimum atomic E-state index is -0.370. The van der Waals surface area contributed by atoms with Gasteiger partial charge in [-0.25, -0.2) is 9.97 Å². The molecule has 0 bridgehead atoms. The van der Waals surface area contributed by atoms with Gasteiger partial charge in [-0.15, -0.1) is 22.7 Å². The molecule has 0 unspecified atom stereocenters. The number of rotatable bonds is 5. The van der Waals surface area contributed by atoms with E-state index in [0.717, 1.165) is 36.0 Å². The summed E-state index contributed by atoms with van der Waals surface area (Å²) in [7, 11) is 0. The number of thiazole rings is 2. The van der Waals surface area contributed by atoms with E-state index in [-0.39, 0.29) is 10.6 Å². The summed E-state index contributed by atoms with van der Waals surface area (Å²) in [6.45, 7) is 0. The van der Waals surface area contributed by atoms with Crippen LogP contribution in [0.2, 0.25) is 0 Å². The number of nitro benzene ring substituents is 1. The molecule has 2 heterocycles. The number of fused-ring (bicyclic) bond motifs is 2. The summed E-state index contributed by atoms with van der Waals surface area (Å²) in [5.74, 6) is 0. The van der Waals surface area contributed by atoms with E-state index in [4.69, 9.17) is 9.97 Å². The van der Waals surface area contributed by atoms with Gasteiger partial charge >= 0.3 is 0 Å². The molecule has 0 fully saturated rings. The lowest BCUT2D eigenvalue weighted by Crippen LogP contribution is -1.90. The Hall–Kier alpha value is -3.68. The highest BCUT2D eigenvalue weighted by Gasteiger charge is 2.15. The molecule has 0 N–H and O–H groups in total. The maximum Gasteiger partial charge on any atom is 0.276 e. The van der Waals surface area contributed by atoms with Crippen molar-refractivity contribution in [1.82, 2.24) is 9.97 Å². The number of para-hydroxylation sites is 3. The van der Waals surface area contributed by atoms with Gasteiger partial charge in [0.2, 0.25) is 0 Å². The molecule has 0 aliphatic carbocycles. The Bertz CT molecular complexity index is 1340. The van der Waals surface area contributed by atoms with Crippen LogP contribution < -0.4 is 0 Å². The molecule has 5 rings (SSSR count). The maximum atomic E-state index is 11.3. The molecule has 2 aromatic heterocycles. The van der Waals surface area contributed by atoms with Crippen LogP contribution in [-0.2, 0) is 0 Å². The van der Waals surface area contributed by atoms with Gasteiger partial charge in [0.25, 0.3) is 5.69 Å². The lowest BCUT2D eigenvalue weighted by atomic mass is 10.1. The average Bonchev–Trinajstić information content (AvgIpc) is 3.40. The molecule has 150 valence electrons. The van der Waals surface area contributed by atoms with Crippen molar-refractivity contribution < 1.29 is 4.92 Å². The molecule has 0 atom stereocenters. The van der Waals surface area contributed by atoms with E-state index in [0.29, 0.717) is 5.56 Å². The monoisotopic (exact) mass is 441 g/mol. The normalized spacial score (nSPS) is 11.4. The third-order valence-electron chi connectivity index (χ3n) is 4.72. The van der Waals surface area contributed by atoms with Crippen LogP contribution >= 0.6 is 22.7 Å². The molecule has 0 aliphatic rings. The van der Waals surface area contributed by atoms with Gasteiger partial charge in [-0.05, 0) is 42.5 Å². The number of benzene rings is 3. The third-order valence-corrected chi connectivity index (χ3v) is 6.86. The Morgan fingerprint density at radius 3 is 1.94 bits per heavy atom. The standard InChI is InChI=1S/C24H15N3O2S2/c28-27(29)20-13-4-1-8-16(20)9-7-10-17(23-25-18-11-2-5-14-21(18)30-23)24-26-19-12-3-6-15-22(19)31-24/h1-15H. The molecule has 7 heteroatoms. The number of allylic oxidation sites excluding steroid dienone is 2. The van der Waals surface area contributed by atoms with Gasteiger partial charge in [-0.2, -0.15) is 0 Å². The molecule has 0 amide bonds. The van der Waals surface area contributed by atoms with Crippen molar-refractivity contribution in [2.45, 2.75) is 0 Å². The lowest BCUT2D eigenvalue weighted by Gasteiger charge is -1.99. The first-order valence-electron chi connectivity index (χ1n) is 9.53. The Morgan fingerprint density at radius 1 is 0.806 bits per heavy atom. The van der Waals surface area contributed by atoms with Crippen molar-refractivity contribution in [2.75, 3.05) is 0 Å². The second-order valence-corrected chi connectivity index (χ2v) is 8.79. The Labute approximate surface area is 185 Å². The number of hydrogen-bond acceptors (Lipinski definition) is 6. The Balaban J connectivity index is 1.62. The van der Waals surface area contributed by atoms with Crippen LogP contribution in [0.5, 0.6) is 0 Å². The Kier molecular flexibility index (Phi) is 5.11. The summed E-state index contributed by atoms with van der Waals surface area (Å²) in [6, 6.07) is 22.7. The molecule has 0 spiro atoms. The van der Waals surface area contributed by atoms with E-state index in [1.54, 1.807) is 46.9 Å². The van der Waals surface area contributed by atoms with Crippen LogP contribution in [0.15, 0.2) is 84.9 Å². The highest BCUT2D eigenvalue weighted by atomic mass is 32.1. The molecular weight excluding hydrogens is 426 g/mol. The predicted molar refractivity (Wildman–Crippen MR) is 128 cm³/mol. The molecule has 31 heavy (non-hydrogen) atoms. The second kappa shape index (κ2) is 8.22. The maximum absolute atomic E-state index is 11.3. The van der Waals surface area contributed by atoms with E-state index in [1.165, 1.54) is 6.07 Å². The zero-order valence-corrected chi connectivity index (χ0v) is 17.8. The summed E-state index contributed by atoms with van der Waals surface area (Å²) in [5, 5.41) is 13.0. The quantitative estimate of drug-likeness (QED) is 0.168. The Morgan fingerprint density at radius 2 is 1.35 bits per heavy atom. The number of hydrogen-bond donors (Lipinski definition) is 0. The summed E-state index contributed by atoms with van der Waals surface area (Å²) in [5.41, 5.74) is 3.41. The number of nitro groups is 1. The van der Waals surface area contributed by atoms with Gasteiger partial charge < -0.3 is 0 Å². The average molecular weight is 442 g/mol. The van der Waals surface area contributed by atoms with E-state index in [1.807, 2.05) is 48.6 Å². The summed E-state index contributed by atoms with van der Waals surface area (Å²) >= 11 is 3.22. The predicted octanol–water partition coefficient (Wildman–Crippen LogP) is 6.96. The van der Waals surface area contributed by atoms with Crippen LogP contribution in [0, 0.1) is 10.1 Å². The highest BCUT2D eigenvalue weighted by molar-refractivity contribution is 7.21. The zero-order valence-electron chi connectivity index (χ0n) is 16.1. The van der Waals surface area contributed by atoms with Crippen LogP contribution in [0.3, 0.4) is 0 Å². The fourth-order valence-corrected chi connectivity index (χ4v) is 5.30. The molecule has 3 aromatic carbocycles. The second-order valence-electron chi connectivity index (χ2n) is 6.73. The summed E-state index contributed by atoms with van der Waals surface area (Å²) in [6.07, 6.45) is 5.51. The van der Waals surface area contributed by atoms with Crippen LogP contribution in [0.4, 0.5) is 5.69 Å². The molecule has 5 aromatic rings. The molecule has 5 nitrogen and oxygen atoms in total. The van der Waals surface area contributed by atoms with Gasteiger partial charge in [-0.1, -0.05) is 42.5 Å². The first kappa shape index (κ1) is 19.3. The van der Waals surface area contributed by atoms with Crippen molar-refractivity contribution in [3.63, 3.8) is 0 Å². The molecule has 0 saturated heterocycles. The van der Waals surface area contributed by atoms with Crippen LogP contribution in [0.25, 0.3) is 32.1 Å². The highest BCUT2D eigenvalue weighted by Crippen LogP contribution is 2.35. The van der Waals surface area contributed by atoms with Crippen LogP contribution in [-0.4, -0.2) is 14.9 Å². The van der Waals surface area contributed by atoms with E-state index >= 15 is 0 Å². The minimum Gasteiger partial charge on any atom is -0.258 e. The summed E-state index contributed by atoms with van der Waals surface area (Å²) < 4.78 is 2.21. The van der Waals surface area contributed by atoms with Crippen molar-refractivity contribution >= 4 is 60.4 Å². The fraction of sp³-hybridized carbons (Fsp3) is 0. The van der Waals surface area contributed by atoms with Crippen molar-refractivity contribution in [1.29, 1.82) is 0 Å². The molecule has 0 saturated carbocycles. The van der Waals surface area contributed by atoms with E-state index in [2.05, 4.69) is 12.1 Å². The minimum absolute atomic E-state index is 0.0775. The van der Waals surface area contributed by atoms with Gasteiger partial charge in [0, 0.05) is 11.6 Å². The topological polar surface area (TPSA) is 68.9 Å². The summed E-state index contributed by atoms with van der Waals surface area (Å²) in [4.78, 5) is 20.5. The fourth-order valence-electron chi connectivity index (χ4n) is 3.25. The zero-order chi connectivity index (χ0) is 21.2. The molecule has 0 aliphatic heterocycles. The third kappa shape index (κ3) is 3.88. The van der Waals surface area contributed by atoms with Crippen LogP contribution in [0.1, 0.15) is 15.6 Å². The van der Waals surface area contributed by atoms with Crippen molar-refractivity contribution in [2.24, 2.45) is 0 Å². The van der Waals surface area contributed by atoms with E-state index in [9.17, 15) is 10.1 Å². The SMILES string of the molecule is O=[N+]([O-])c1ccccc1C=CC=C(c1nc2ccccc2s1)c1nc2ccccc2s1. The van der Waals surface area contributed by atoms with Gasteiger partial charge in [0.15, 0.2) is 0 Å². The number of aromatic nitrogens is 2. The molecule has 0 radical (unpaired) electrons. The smallest absolute Gasteiger partial charge is 0.258 e. The first-order chi connectivity index (χ1) is 15.2. The largest absolute Gasteiger partial charge is 0.276 e. The lowest BCUT2D eigenvalue weighted by molar-refractivity contribution is -0.385. The number of nitrogens with zero attached hydrogens (tertiary/aromatic N) is 3. The van der Waals surface area contributed by atoms with Crippen molar-refractivity contribution in [3.8, 4) is 0 Å². The van der Waals surface area contributed by atoms with Gasteiger partial charge in [0.05, 0.1) is 30.9 Å². The van der Waals surface area contributed by atoms with Crippen molar-refractivity contribution in [3.05, 3.63) is 111 Å². The first-order valence-corrected chi connectivity index (χ1v) is 11.2.